The maximum Gasteiger partial charge on any atom is 0.239 e. The van der Waals surface area contributed by atoms with E-state index >= 15 is 0 Å². The van der Waals surface area contributed by atoms with Gasteiger partial charge in [-0.05, 0) is 31.0 Å². The Morgan fingerprint density at radius 2 is 2.27 bits per heavy atom. The topological polar surface area (TPSA) is 55.1 Å². The number of amides is 1. The average molecular weight is 227 g/mol. The van der Waals surface area contributed by atoms with Crippen molar-refractivity contribution < 1.29 is 4.79 Å². The van der Waals surface area contributed by atoms with Gasteiger partial charge in [0.2, 0.25) is 5.91 Å². The fraction of sp³-hybridized carbons (Fsp3) is 0.364. The highest BCUT2D eigenvalue weighted by atomic mass is 35.5. The zero-order valence-corrected chi connectivity index (χ0v) is 9.64. The van der Waals surface area contributed by atoms with Gasteiger partial charge in [-0.3, -0.25) is 4.79 Å². The van der Waals surface area contributed by atoms with Gasteiger partial charge in [-0.15, -0.1) is 0 Å². The van der Waals surface area contributed by atoms with Gasteiger partial charge in [0.1, 0.15) is 6.04 Å². The van der Waals surface area contributed by atoms with Crippen LogP contribution in [0.15, 0.2) is 18.2 Å². The predicted molar refractivity (Wildman–Crippen MR) is 63.1 cm³/mol. The smallest absolute Gasteiger partial charge is 0.239 e. The molecule has 15 heavy (non-hydrogen) atoms. The Bertz CT molecular complexity index is 366. The number of rotatable bonds is 4. The summed E-state index contributed by atoms with van der Waals surface area (Å²) in [7, 11) is 0. The molecule has 1 aromatic rings. The van der Waals surface area contributed by atoms with Crippen molar-refractivity contribution >= 4 is 23.2 Å². The van der Waals surface area contributed by atoms with E-state index in [4.69, 9.17) is 17.3 Å². The third-order valence-electron chi connectivity index (χ3n) is 2.21. The van der Waals surface area contributed by atoms with E-state index in [-0.39, 0.29) is 11.9 Å². The van der Waals surface area contributed by atoms with Crippen LogP contribution in [0, 0.1) is 6.92 Å². The number of halogens is 1. The van der Waals surface area contributed by atoms with E-state index in [0.717, 1.165) is 11.3 Å². The lowest BCUT2D eigenvalue weighted by Crippen LogP contribution is -2.34. The number of hydrogen-bond acceptors (Lipinski definition) is 2. The highest BCUT2D eigenvalue weighted by Gasteiger charge is 2.13. The molecular formula is C11H15ClN2O. The van der Waals surface area contributed by atoms with Gasteiger partial charge < -0.3 is 11.1 Å². The summed E-state index contributed by atoms with van der Waals surface area (Å²) in [5, 5.41) is 3.62. The fourth-order valence-electron chi connectivity index (χ4n) is 1.30. The summed E-state index contributed by atoms with van der Waals surface area (Å²) in [6.07, 6.45) is 0.638. The molecule has 1 aromatic carbocycles. The number of carbonyl (C=O) groups is 1. The number of aryl methyl sites for hydroxylation is 1. The van der Waals surface area contributed by atoms with E-state index < -0.39 is 0 Å². The van der Waals surface area contributed by atoms with Crippen molar-refractivity contribution in [1.82, 2.24) is 0 Å². The molecule has 0 aliphatic heterocycles. The fourth-order valence-corrected chi connectivity index (χ4v) is 1.59. The summed E-state index contributed by atoms with van der Waals surface area (Å²) in [6.45, 7) is 3.85. The van der Waals surface area contributed by atoms with Crippen LogP contribution in [0.5, 0.6) is 0 Å². The van der Waals surface area contributed by atoms with Crippen molar-refractivity contribution in [2.24, 2.45) is 5.73 Å². The third kappa shape index (κ3) is 3.13. The average Bonchev–Trinajstić information content (AvgIpc) is 2.16. The van der Waals surface area contributed by atoms with Crippen LogP contribution in [-0.4, -0.2) is 11.9 Å². The molecule has 4 heteroatoms. The highest BCUT2D eigenvalue weighted by molar-refractivity contribution is 6.33. The van der Waals surface area contributed by atoms with E-state index in [1.54, 1.807) is 0 Å². The van der Waals surface area contributed by atoms with Gasteiger partial charge in [-0.1, -0.05) is 24.6 Å². The van der Waals surface area contributed by atoms with Gasteiger partial charge in [0, 0.05) is 0 Å². The highest BCUT2D eigenvalue weighted by Crippen LogP contribution is 2.23. The number of hydrogen-bond donors (Lipinski definition) is 2. The molecule has 1 amide bonds. The largest absolute Gasteiger partial charge is 0.372 e. The van der Waals surface area contributed by atoms with Crippen molar-refractivity contribution in [3.8, 4) is 0 Å². The Morgan fingerprint density at radius 3 is 2.73 bits per heavy atom. The minimum absolute atomic E-state index is 0.367. The molecule has 1 unspecified atom stereocenters. The standard InChI is InChI=1S/C11H15ClN2O/c1-3-9(11(13)15)14-10-5-4-7(2)6-8(10)12/h4-6,9,14H,3H2,1-2H3,(H2,13,15). The van der Waals surface area contributed by atoms with Crippen LogP contribution in [0.2, 0.25) is 5.02 Å². The molecule has 0 heterocycles. The lowest BCUT2D eigenvalue weighted by atomic mass is 10.1. The second-order valence-corrected chi connectivity index (χ2v) is 3.90. The molecule has 0 spiro atoms. The van der Waals surface area contributed by atoms with Crippen LogP contribution < -0.4 is 11.1 Å². The zero-order valence-electron chi connectivity index (χ0n) is 8.88. The molecule has 0 aromatic heterocycles. The summed E-state index contributed by atoms with van der Waals surface area (Å²) in [6, 6.07) is 5.26. The molecule has 1 atom stereocenters. The first kappa shape index (κ1) is 11.9. The minimum Gasteiger partial charge on any atom is -0.372 e. The maximum absolute atomic E-state index is 11.0. The molecule has 1 rings (SSSR count). The van der Waals surface area contributed by atoms with E-state index in [9.17, 15) is 4.79 Å². The molecule has 0 aliphatic carbocycles. The number of nitrogens with one attached hydrogen (secondary N) is 1. The Morgan fingerprint density at radius 1 is 1.60 bits per heavy atom. The first-order valence-corrected chi connectivity index (χ1v) is 5.24. The molecule has 0 saturated carbocycles. The van der Waals surface area contributed by atoms with Gasteiger partial charge >= 0.3 is 0 Å². The van der Waals surface area contributed by atoms with Crippen LogP contribution >= 0.6 is 11.6 Å². The van der Waals surface area contributed by atoms with Crippen LogP contribution in [0.25, 0.3) is 0 Å². The minimum atomic E-state index is -0.370. The number of nitrogens with two attached hydrogens (primary N) is 1. The second-order valence-electron chi connectivity index (χ2n) is 3.49. The van der Waals surface area contributed by atoms with E-state index in [1.165, 1.54) is 0 Å². The van der Waals surface area contributed by atoms with Gasteiger partial charge in [0.05, 0.1) is 10.7 Å². The van der Waals surface area contributed by atoms with Gasteiger partial charge in [0.15, 0.2) is 0 Å². The van der Waals surface area contributed by atoms with Crippen LogP contribution in [-0.2, 0) is 4.79 Å². The molecule has 82 valence electrons. The van der Waals surface area contributed by atoms with Gasteiger partial charge in [-0.25, -0.2) is 0 Å². The predicted octanol–water partition coefficient (Wildman–Crippen LogP) is 2.32. The summed E-state index contributed by atoms with van der Waals surface area (Å²) in [5.74, 6) is -0.367. The molecular weight excluding hydrogens is 212 g/mol. The first-order chi connectivity index (χ1) is 7.04. The summed E-state index contributed by atoms with van der Waals surface area (Å²) < 4.78 is 0. The first-order valence-electron chi connectivity index (χ1n) is 4.86. The van der Waals surface area contributed by atoms with E-state index in [1.807, 2.05) is 32.0 Å². The van der Waals surface area contributed by atoms with Gasteiger partial charge in [-0.2, -0.15) is 0 Å². The third-order valence-corrected chi connectivity index (χ3v) is 2.52. The van der Waals surface area contributed by atoms with Crippen molar-refractivity contribution in [3.63, 3.8) is 0 Å². The lowest BCUT2D eigenvalue weighted by molar-refractivity contribution is -0.118. The zero-order chi connectivity index (χ0) is 11.4. The Kier molecular flexibility index (Phi) is 3.97. The Labute approximate surface area is 94.6 Å². The molecule has 0 aliphatic rings. The molecule has 0 saturated heterocycles. The molecule has 0 radical (unpaired) electrons. The quantitative estimate of drug-likeness (QED) is 0.828. The lowest BCUT2D eigenvalue weighted by Gasteiger charge is -2.15. The SMILES string of the molecule is CCC(Nc1ccc(C)cc1Cl)C(N)=O. The van der Waals surface area contributed by atoms with Crippen molar-refractivity contribution in [2.75, 3.05) is 5.32 Å². The monoisotopic (exact) mass is 226 g/mol. The summed E-state index contributed by atoms with van der Waals surface area (Å²) in [4.78, 5) is 11.0. The molecule has 0 fully saturated rings. The van der Waals surface area contributed by atoms with Crippen molar-refractivity contribution in [2.45, 2.75) is 26.3 Å². The van der Waals surface area contributed by atoms with E-state index in [2.05, 4.69) is 5.32 Å². The summed E-state index contributed by atoms with van der Waals surface area (Å²) in [5.41, 5.74) is 7.06. The Hall–Kier alpha value is -1.22. The van der Waals surface area contributed by atoms with Crippen LogP contribution in [0.3, 0.4) is 0 Å². The van der Waals surface area contributed by atoms with E-state index in [0.29, 0.717) is 11.4 Å². The maximum atomic E-state index is 11.0. The number of carbonyl (C=O) groups excluding carboxylic acids is 1. The van der Waals surface area contributed by atoms with Crippen LogP contribution in [0.4, 0.5) is 5.69 Å². The Balaban J connectivity index is 2.84. The summed E-state index contributed by atoms with van der Waals surface area (Å²) >= 11 is 6.02. The van der Waals surface area contributed by atoms with Crippen molar-refractivity contribution in [3.05, 3.63) is 28.8 Å². The second kappa shape index (κ2) is 5.03. The number of primary amides is 1. The number of benzene rings is 1. The molecule has 3 N–H and O–H groups in total. The normalized spacial score (nSPS) is 12.2. The molecule has 0 bridgehead atoms. The van der Waals surface area contributed by atoms with Crippen LogP contribution in [0.1, 0.15) is 18.9 Å². The van der Waals surface area contributed by atoms with Crippen molar-refractivity contribution in [1.29, 1.82) is 0 Å². The number of anilines is 1. The molecule has 3 nitrogen and oxygen atoms in total. The van der Waals surface area contributed by atoms with Gasteiger partial charge in [0.25, 0.3) is 0 Å².